The maximum atomic E-state index is 12.4. The van der Waals surface area contributed by atoms with Gasteiger partial charge in [0.15, 0.2) is 5.82 Å². The van der Waals surface area contributed by atoms with Crippen molar-refractivity contribution in [3.05, 3.63) is 48.1 Å². The van der Waals surface area contributed by atoms with Crippen LogP contribution in [0.25, 0.3) is 0 Å². The fraction of sp³-hybridized carbons (Fsp3) is 0.438. The smallest absolute Gasteiger partial charge is 0.225 e. The third kappa shape index (κ3) is 2.33. The summed E-state index contributed by atoms with van der Waals surface area (Å²) in [4.78, 5) is 18.6. The van der Waals surface area contributed by atoms with Crippen molar-refractivity contribution in [2.24, 2.45) is 5.92 Å². The van der Waals surface area contributed by atoms with Gasteiger partial charge in [-0.25, -0.2) is 0 Å². The SMILES string of the molecule is O=C(C1CC1)N1C[C@H](c2ccccc2)[C@@H](c2ncon2)C1. The second kappa shape index (κ2) is 4.98. The van der Waals surface area contributed by atoms with Crippen molar-refractivity contribution in [3.63, 3.8) is 0 Å². The van der Waals surface area contributed by atoms with Crippen molar-refractivity contribution in [2.75, 3.05) is 13.1 Å². The predicted molar refractivity (Wildman–Crippen MR) is 75.5 cm³/mol. The molecule has 0 N–H and O–H groups in total. The van der Waals surface area contributed by atoms with Crippen molar-refractivity contribution >= 4 is 5.91 Å². The monoisotopic (exact) mass is 283 g/mol. The Morgan fingerprint density at radius 1 is 1.14 bits per heavy atom. The normalized spacial score (nSPS) is 25.2. The molecule has 0 bridgehead atoms. The van der Waals surface area contributed by atoms with Crippen LogP contribution in [0.1, 0.15) is 36.1 Å². The first-order valence-electron chi connectivity index (χ1n) is 7.43. The molecule has 1 saturated carbocycles. The highest BCUT2D eigenvalue weighted by Gasteiger charge is 2.43. The summed E-state index contributed by atoms with van der Waals surface area (Å²) in [6, 6.07) is 10.3. The Hall–Kier alpha value is -2.17. The highest BCUT2D eigenvalue weighted by Crippen LogP contribution is 2.41. The first kappa shape index (κ1) is 12.6. The molecule has 0 unspecified atom stereocenters. The quantitative estimate of drug-likeness (QED) is 0.866. The number of hydrogen-bond acceptors (Lipinski definition) is 4. The number of carbonyl (C=O) groups is 1. The van der Waals surface area contributed by atoms with E-state index in [9.17, 15) is 4.79 Å². The summed E-state index contributed by atoms with van der Waals surface area (Å²) in [6.07, 6.45) is 3.44. The van der Waals surface area contributed by atoms with Gasteiger partial charge < -0.3 is 9.42 Å². The molecule has 1 amide bonds. The van der Waals surface area contributed by atoms with Gasteiger partial charge in [-0.05, 0) is 18.4 Å². The van der Waals surface area contributed by atoms with E-state index in [0.29, 0.717) is 18.3 Å². The minimum absolute atomic E-state index is 0.119. The van der Waals surface area contributed by atoms with Crippen LogP contribution >= 0.6 is 0 Å². The molecule has 2 fully saturated rings. The van der Waals surface area contributed by atoms with Gasteiger partial charge in [-0.2, -0.15) is 4.98 Å². The lowest BCUT2D eigenvalue weighted by Crippen LogP contribution is -2.30. The number of benzene rings is 1. The number of amides is 1. The summed E-state index contributed by atoms with van der Waals surface area (Å²) in [5, 5.41) is 4.00. The summed E-state index contributed by atoms with van der Waals surface area (Å²) in [7, 11) is 0. The van der Waals surface area contributed by atoms with Crippen LogP contribution < -0.4 is 0 Å². The van der Waals surface area contributed by atoms with Crippen LogP contribution in [0.2, 0.25) is 0 Å². The molecule has 108 valence electrons. The maximum absolute atomic E-state index is 12.4. The van der Waals surface area contributed by atoms with E-state index in [1.807, 2.05) is 23.1 Å². The number of likely N-dealkylation sites (tertiary alicyclic amines) is 1. The minimum atomic E-state index is 0.119. The van der Waals surface area contributed by atoms with Gasteiger partial charge in [0.25, 0.3) is 0 Å². The van der Waals surface area contributed by atoms with E-state index in [4.69, 9.17) is 4.52 Å². The fourth-order valence-corrected chi connectivity index (χ4v) is 3.21. The number of nitrogens with zero attached hydrogens (tertiary/aromatic N) is 3. The molecule has 5 heteroatoms. The zero-order valence-electron chi connectivity index (χ0n) is 11.7. The molecule has 1 saturated heterocycles. The van der Waals surface area contributed by atoms with E-state index in [1.165, 1.54) is 12.0 Å². The minimum Gasteiger partial charge on any atom is -0.343 e. The van der Waals surface area contributed by atoms with E-state index >= 15 is 0 Å². The van der Waals surface area contributed by atoms with Crippen LogP contribution in [0, 0.1) is 5.92 Å². The molecule has 1 aromatic heterocycles. The average molecular weight is 283 g/mol. The molecular formula is C16H17N3O2. The van der Waals surface area contributed by atoms with Gasteiger partial charge >= 0.3 is 0 Å². The molecule has 0 spiro atoms. The molecule has 1 aliphatic heterocycles. The van der Waals surface area contributed by atoms with Crippen LogP contribution in [-0.2, 0) is 4.79 Å². The molecule has 2 atom stereocenters. The van der Waals surface area contributed by atoms with Gasteiger partial charge in [-0.1, -0.05) is 35.5 Å². The lowest BCUT2D eigenvalue weighted by Gasteiger charge is -2.16. The second-order valence-electron chi connectivity index (χ2n) is 5.93. The molecule has 2 heterocycles. The maximum Gasteiger partial charge on any atom is 0.225 e. The number of carbonyl (C=O) groups excluding carboxylic acids is 1. The molecule has 1 aromatic carbocycles. The fourth-order valence-electron chi connectivity index (χ4n) is 3.21. The summed E-state index contributed by atoms with van der Waals surface area (Å²) >= 11 is 0. The summed E-state index contributed by atoms with van der Waals surface area (Å²) in [5.74, 6) is 1.61. The van der Waals surface area contributed by atoms with E-state index in [-0.39, 0.29) is 17.8 Å². The Balaban J connectivity index is 1.63. The number of aromatic nitrogens is 2. The predicted octanol–water partition coefficient (Wildman–Crippen LogP) is 2.19. The number of rotatable bonds is 3. The zero-order chi connectivity index (χ0) is 14.2. The van der Waals surface area contributed by atoms with Crippen molar-refractivity contribution < 1.29 is 9.32 Å². The van der Waals surface area contributed by atoms with Gasteiger partial charge in [-0.15, -0.1) is 0 Å². The Morgan fingerprint density at radius 2 is 1.90 bits per heavy atom. The third-order valence-electron chi connectivity index (χ3n) is 4.50. The topological polar surface area (TPSA) is 59.2 Å². The summed E-state index contributed by atoms with van der Waals surface area (Å²) < 4.78 is 4.90. The van der Waals surface area contributed by atoms with E-state index in [0.717, 1.165) is 19.4 Å². The molecule has 5 nitrogen and oxygen atoms in total. The Bertz CT molecular complexity index is 622. The van der Waals surface area contributed by atoms with Crippen LogP contribution in [0.4, 0.5) is 0 Å². The first-order chi connectivity index (χ1) is 10.3. The zero-order valence-corrected chi connectivity index (χ0v) is 11.7. The molecule has 2 aromatic rings. The first-order valence-corrected chi connectivity index (χ1v) is 7.43. The van der Waals surface area contributed by atoms with E-state index in [2.05, 4.69) is 22.3 Å². The molecular weight excluding hydrogens is 266 g/mol. The molecule has 21 heavy (non-hydrogen) atoms. The Morgan fingerprint density at radius 3 is 2.57 bits per heavy atom. The molecule has 4 rings (SSSR count). The van der Waals surface area contributed by atoms with Crippen LogP contribution in [0.5, 0.6) is 0 Å². The highest BCUT2D eigenvalue weighted by atomic mass is 16.5. The lowest BCUT2D eigenvalue weighted by atomic mass is 9.88. The Kier molecular flexibility index (Phi) is 2.98. The molecule has 1 aliphatic carbocycles. The van der Waals surface area contributed by atoms with E-state index in [1.54, 1.807) is 0 Å². The lowest BCUT2D eigenvalue weighted by molar-refractivity contribution is -0.131. The van der Waals surface area contributed by atoms with Gasteiger partial charge in [-0.3, -0.25) is 4.79 Å². The molecule has 0 radical (unpaired) electrons. The molecule has 2 aliphatic rings. The van der Waals surface area contributed by atoms with E-state index < -0.39 is 0 Å². The van der Waals surface area contributed by atoms with Crippen molar-refractivity contribution in [2.45, 2.75) is 24.7 Å². The van der Waals surface area contributed by atoms with Gasteiger partial charge in [0.2, 0.25) is 12.3 Å². The standard InChI is InChI=1S/C16H17N3O2/c20-16(12-6-7-12)19-8-13(11-4-2-1-3-5-11)14(9-19)15-17-10-21-18-15/h1-5,10,12-14H,6-9H2/t13-,14+/m1/s1. The van der Waals surface area contributed by atoms with Gasteiger partial charge in [0, 0.05) is 30.8 Å². The largest absolute Gasteiger partial charge is 0.343 e. The summed E-state index contributed by atoms with van der Waals surface area (Å²) in [5.41, 5.74) is 1.23. The van der Waals surface area contributed by atoms with Gasteiger partial charge in [0.05, 0.1) is 0 Å². The van der Waals surface area contributed by atoms with Gasteiger partial charge in [0.1, 0.15) is 0 Å². The third-order valence-corrected chi connectivity index (χ3v) is 4.50. The van der Waals surface area contributed by atoms with Crippen molar-refractivity contribution in [1.82, 2.24) is 15.0 Å². The second-order valence-corrected chi connectivity index (χ2v) is 5.93. The van der Waals surface area contributed by atoms with Crippen molar-refractivity contribution in [1.29, 1.82) is 0 Å². The Labute approximate surface area is 123 Å². The van der Waals surface area contributed by atoms with Crippen LogP contribution in [0.3, 0.4) is 0 Å². The van der Waals surface area contributed by atoms with Crippen molar-refractivity contribution in [3.8, 4) is 0 Å². The summed E-state index contributed by atoms with van der Waals surface area (Å²) in [6.45, 7) is 1.44. The van der Waals surface area contributed by atoms with Crippen LogP contribution in [-0.4, -0.2) is 34.0 Å². The number of hydrogen-bond donors (Lipinski definition) is 0. The average Bonchev–Trinajstić information content (AvgIpc) is 3.06. The van der Waals surface area contributed by atoms with Crippen LogP contribution in [0.15, 0.2) is 41.2 Å². The highest BCUT2D eigenvalue weighted by molar-refractivity contribution is 5.81.